The number of fused-ring (bicyclic) bond motifs is 1. The molecule has 3 aromatic rings. The number of thiophene rings is 1. The zero-order chi connectivity index (χ0) is 21.8. The molecule has 1 aliphatic heterocycles. The van der Waals surface area contributed by atoms with Crippen molar-refractivity contribution in [3.63, 3.8) is 0 Å². The smallest absolute Gasteiger partial charge is 0.343 e. The number of carbonyl (C=O) groups excluding carboxylic acids is 2. The van der Waals surface area contributed by atoms with E-state index in [1.54, 1.807) is 16.2 Å². The van der Waals surface area contributed by atoms with E-state index in [4.69, 9.17) is 9.47 Å². The normalized spacial score (nSPS) is 13.4. The summed E-state index contributed by atoms with van der Waals surface area (Å²) >= 11 is 2.58. The maximum Gasteiger partial charge on any atom is 0.343 e. The van der Waals surface area contributed by atoms with E-state index in [0.29, 0.717) is 38.2 Å². The molecule has 0 unspecified atom stereocenters. The SMILES string of the molecule is COC(=O)c1c(OCCc2cccs2)cc(=O)n2c1CCN(C(=O)c1cnsn1)CC2. The van der Waals surface area contributed by atoms with Crippen LogP contribution >= 0.6 is 23.1 Å². The first-order valence-corrected chi connectivity index (χ1v) is 11.3. The number of methoxy groups -OCH3 is 1. The molecule has 0 aliphatic carbocycles. The Kier molecular flexibility index (Phi) is 6.42. The number of nitrogens with zero attached hydrogens (tertiary/aromatic N) is 4. The molecule has 0 aromatic carbocycles. The van der Waals surface area contributed by atoms with Crippen LogP contribution in [0.3, 0.4) is 0 Å². The molecule has 0 N–H and O–H groups in total. The van der Waals surface area contributed by atoms with Crippen molar-refractivity contribution in [3.05, 3.63) is 62.0 Å². The molecule has 0 bridgehead atoms. The summed E-state index contributed by atoms with van der Waals surface area (Å²) < 4.78 is 20.2. The average molecular weight is 461 g/mol. The zero-order valence-electron chi connectivity index (χ0n) is 16.8. The van der Waals surface area contributed by atoms with Crippen molar-refractivity contribution in [3.8, 4) is 5.75 Å². The molecular formula is C20H20N4O5S2. The highest BCUT2D eigenvalue weighted by molar-refractivity contribution is 7.09. The Balaban J connectivity index is 1.60. The van der Waals surface area contributed by atoms with Gasteiger partial charge in [-0.2, -0.15) is 8.75 Å². The van der Waals surface area contributed by atoms with Gasteiger partial charge in [-0.25, -0.2) is 4.79 Å². The second-order valence-electron chi connectivity index (χ2n) is 6.82. The molecule has 1 amide bonds. The van der Waals surface area contributed by atoms with Crippen molar-refractivity contribution in [2.75, 3.05) is 26.8 Å². The van der Waals surface area contributed by atoms with Crippen LogP contribution in [0.25, 0.3) is 0 Å². The van der Waals surface area contributed by atoms with Crippen LogP contribution < -0.4 is 10.3 Å². The summed E-state index contributed by atoms with van der Waals surface area (Å²) in [5, 5.41) is 1.98. The topological polar surface area (TPSA) is 104 Å². The third kappa shape index (κ3) is 4.52. The molecule has 0 radical (unpaired) electrons. The molecule has 3 aromatic heterocycles. The van der Waals surface area contributed by atoms with Crippen LogP contribution in [0.5, 0.6) is 5.75 Å². The molecule has 4 heterocycles. The number of esters is 1. The van der Waals surface area contributed by atoms with Gasteiger partial charge in [0.1, 0.15) is 11.3 Å². The van der Waals surface area contributed by atoms with Crippen molar-refractivity contribution in [2.24, 2.45) is 0 Å². The highest BCUT2D eigenvalue weighted by Crippen LogP contribution is 2.25. The first-order chi connectivity index (χ1) is 15.1. The largest absolute Gasteiger partial charge is 0.492 e. The van der Waals surface area contributed by atoms with E-state index in [1.807, 2.05) is 17.5 Å². The molecule has 31 heavy (non-hydrogen) atoms. The van der Waals surface area contributed by atoms with E-state index >= 15 is 0 Å². The number of aromatic nitrogens is 3. The number of ether oxygens (including phenoxy) is 2. The average Bonchev–Trinajstić information content (AvgIpc) is 3.44. The van der Waals surface area contributed by atoms with Gasteiger partial charge in [0.15, 0.2) is 5.69 Å². The van der Waals surface area contributed by atoms with E-state index < -0.39 is 5.97 Å². The third-order valence-corrected chi connectivity index (χ3v) is 6.45. The van der Waals surface area contributed by atoms with Gasteiger partial charge < -0.3 is 18.9 Å². The first kappa shape index (κ1) is 21.2. The van der Waals surface area contributed by atoms with Crippen LogP contribution in [0, 0.1) is 0 Å². The Labute approximate surface area is 186 Å². The predicted octanol–water partition coefficient (Wildman–Crippen LogP) is 1.87. The van der Waals surface area contributed by atoms with Gasteiger partial charge in [0, 0.05) is 49.1 Å². The van der Waals surface area contributed by atoms with E-state index in [9.17, 15) is 14.4 Å². The zero-order valence-corrected chi connectivity index (χ0v) is 18.4. The van der Waals surface area contributed by atoms with Crippen LogP contribution in [0.2, 0.25) is 0 Å². The molecule has 11 heteroatoms. The minimum absolute atomic E-state index is 0.211. The van der Waals surface area contributed by atoms with E-state index in [0.717, 1.165) is 16.6 Å². The fourth-order valence-electron chi connectivity index (χ4n) is 3.53. The van der Waals surface area contributed by atoms with Gasteiger partial charge in [-0.3, -0.25) is 9.59 Å². The minimum atomic E-state index is -0.571. The predicted molar refractivity (Wildman–Crippen MR) is 115 cm³/mol. The van der Waals surface area contributed by atoms with Gasteiger partial charge in [0.05, 0.1) is 31.6 Å². The molecule has 1 aliphatic rings. The lowest BCUT2D eigenvalue weighted by atomic mass is 10.1. The lowest BCUT2D eigenvalue weighted by Gasteiger charge is -2.18. The van der Waals surface area contributed by atoms with Gasteiger partial charge in [-0.15, -0.1) is 11.3 Å². The van der Waals surface area contributed by atoms with Crippen molar-refractivity contribution in [1.29, 1.82) is 0 Å². The molecule has 4 rings (SSSR count). The van der Waals surface area contributed by atoms with Gasteiger partial charge >= 0.3 is 5.97 Å². The number of amides is 1. The second kappa shape index (κ2) is 9.40. The van der Waals surface area contributed by atoms with E-state index in [1.165, 1.54) is 23.9 Å². The molecule has 0 atom stereocenters. The molecule has 0 fully saturated rings. The van der Waals surface area contributed by atoms with Crippen LogP contribution in [0.1, 0.15) is 31.4 Å². The third-order valence-electron chi connectivity index (χ3n) is 5.04. The number of hydrogen-bond donors (Lipinski definition) is 0. The van der Waals surface area contributed by atoms with Crippen LogP contribution in [0.4, 0.5) is 0 Å². The Bertz CT molecular complexity index is 1130. The molecule has 0 saturated carbocycles. The lowest BCUT2D eigenvalue weighted by molar-refractivity contribution is 0.0593. The van der Waals surface area contributed by atoms with Crippen molar-refractivity contribution in [1.82, 2.24) is 18.2 Å². The fourth-order valence-corrected chi connectivity index (χ4v) is 4.62. The van der Waals surface area contributed by atoms with Crippen molar-refractivity contribution in [2.45, 2.75) is 19.4 Å². The van der Waals surface area contributed by atoms with E-state index in [2.05, 4.69) is 8.75 Å². The Morgan fingerprint density at radius 3 is 2.84 bits per heavy atom. The second-order valence-corrected chi connectivity index (χ2v) is 8.41. The van der Waals surface area contributed by atoms with Gasteiger partial charge in [0.2, 0.25) is 0 Å². The van der Waals surface area contributed by atoms with Crippen molar-refractivity contribution >= 4 is 34.9 Å². The number of carbonyl (C=O) groups is 2. The quantitative estimate of drug-likeness (QED) is 0.517. The van der Waals surface area contributed by atoms with E-state index in [-0.39, 0.29) is 35.0 Å². The van der Waals surface area contributed by atoms with Crippen LogP contribution in [-0.2, 0) is 24.1 Å². The van der Waals surface area contributed by atoms with Gasteiger partial charge in [0.25, 0.3) is 11.5 Å². The van der Waals surface area contributed by atoms with Gasteiger partial charge in [-0.1, -0.05) is 6.07 Å². The maximum atomic E-state index is 12.8. The number of pyridine rings is 1. The lowest BCUT2D eigenvalue weighted by Crippen LogP contribution is -2.34. The maximum absolute atomic E-state index is 12.8. The monoisotopic (exact) mass is 460 g/mol. The minimum Gasteiger partial charge on any atom is -0.492 e. The summed E-state index contributed by atoms with van der Waals surface area (Å²) in [7, 11) is 1.29. The van der Waals surface area contributed by atoms with Crippen molar-refractivity contribution < 1.29 is 19.1 Å². The van der Waals surface area contributed by atoms with Crippen LogP contribution in [-0.4, -0.2) is 56.9 Å². The molecule has 162 valence electrons. The number of rotatable bonds is 6. The summed E-state index contributed by atoms with van der Waals surface area (Å²) in [6, 6.07) is 5.29. The summed E-state index contributed by atoms with van der Waals surface area (Å²) in [4.78, 5) is 40.9. The summed E-state index contributed by atoms with van der Waals surface area (Å²) in [6.07, 6.45) is 2.41. The highest BCUT2D eigenvalue weighted by Gasteiger charge is 2.28. The Morgan fingerprint density at radius 2 is 2.13 bits per heavy atom. The molecule has 9 nitrogen and oxygen atoms in total. The molecular weight excluding hydrogens is 440 g/mol. The highest BCUT2D eigenvalue weighted by atomic mass is 32.1. The summed E-state index contributed by atoms with van der Waals surface area (Å²) in [5.74, 6) is -0.608. The molecule has 0 saturated heterocycles. The molecule has 0 spiro atoms. The summed E-state index contributed by atoms with van der Waals surface area (Å²) in [6.45, 7) is 1.24. The first-order valence-electron chi connectivity index (χ1n) is 9.65. The Hall–Kier alpha value is -3.05. The van der Waals surface area contributed by atoms with Crippen LogP contribution in [0.15, 0.2) is 34.6 Å². The standard InChI is InChI=1S/C20H20N4O5S2/c1-28-20(27)18-15-4-6-23(19(26)14-12-21-31-22-14)7-8-24(15)17(25)11-16(18)29-9-5-13-3-2-10-30-13/h2-3,10-12H,4-9H2,1H3. The Morgan fingerprint density at radius 1 is 1.26 bits per heavy atom. The number of hydrogen-bond acceptors (Lipinski definition) is 9. The summed E-state index contributed by atoms with van der Waals surface area (Å²) in [5.41, 5.74) is 0.738. The fraction of sp³-hybridized carbons (Fsp3) is 0.350. The van der Waals surface area contributed by atoms with Gasteiger partial charge in [-0.05, 0) is 11.4 Å².